The predicted octanol–water partition coefficient (Wildman–Crippen LogP) is 1.67. The second-order valence-electron chi connectivity index (χ2n) is 4.66. The maximum Gasteiger partial charge on any atom is 0.328 e. The minimum absolute atomic E-state index is 0.00878. The van der Waals surface area contributed by atoms with Gasteiger partial charge in [0.1, 0.15) is 6.04 Å². The highest BCUT2D eigenvalue weighted by molar-refractivity contribution is 5.86. The first-order chi connectivity index (χ1) is 9.54. The van der Waals surface area contributed by atoms with Crippen LogP contribution >= 0.6 is 0 Å². The molecule has 20 heavy (non-hydrogen) atoms. The fraction of sp³-hybridized carbons (Fsp3) is 0.429. The first-order valence-corrected chi connectivity index (χ1v) is 6.34. The number of hydrogen-bond donors (Lipinski definition) is 0. The molecule has 1 aromatic rings. The van der Waals surface area contributed by atoms with E-state index in [-0.39, 0.29) is 12.0 Å². The zero-order chi connectivity index (χ0) is 14.7. The summed E-state index contributed by atoms with van der Waals surface area (Å²) in [5.41, 5.74) is -0.00878. The first-order valence-electron chi connectivity index (χ1n) is 6.34. The molecule has 0 N–H and O–H groups in total. The minimum atomic E-state index is -1.02. The lowest BCUT2D eigenvalue weighted by atomic mass is 10.1. The summed E-state index contributed by atoms with van der Waals surface area (Å²) < 4.78 is 31.3. The summed E-state index contributed by atoms with van der Waals surface area (Å²) in [7, 11) is 1.26. The van der Waals surface area contributed by atoms with E-state index in [2.05, 4.69) is 4.74 Å². The van der Waals surface area contributed by atoms with Crippen LogP contribution < -0.4 is 0 Å². The van der Waals surface area contributed by atoms with Gasteiger partial charge in [0.05, 0.1) is 13.5 Å². The molecule has 0 bridgehead atoms. The molecule has 0 aliphatic carbocycles. The molecule has 1 atom stereocenters. The van der Waals surface area contributed by atoms with Gasteiger partial charge in [0.25, 0.3) is 0 Å². The highest BCUT2D eigenvalue weighted by Crippen LogP contribution is 2.21. The Balaban J connectivity index is 2.11. The van der Waals surface area contributed by atoms with Crippen molar-refractivity contribution in [2.75, 3.05) is 13.7 Å². The van der Waals surface area contributed by atoms with E-state index >= 15 is 0 Å². The van der Waals surface area contributed by atoms with Gasteiger partial charge in [-0.05, 0) is 18.9 Å². The Morgan fingerprint density at radius 2 is 2.15 bits per heavy atom. The fourth-order valence-corrected chi connectivity index (χ4v) is 2.40. The van der Waals surface area contributed by atoms with Crippen LogP contribution in [0.1, 0.15) is 18.4 Å². The van der Waals surface area contributed by atoms with E-state index in [0.717, 1.165) is 6.07 Å². The average Bonchev–Trinajstić information content (AvgIpc) is 2.92. The van der Waals surface area contributed by atoms with Crippen LogP contribution in [0.4, 0.5) is 8.78 Å². The van der Waals surface area contributed by atoms with E-state index in [0.29, 0.717) is 19.4 Å². The number of carbonyl (C=O) groups is 2. The normalized spacial score (nSPS) is 18.1. The van der Waals surface area contributed by atoms with Gasteiger partial charge in [-0.3, -0.25) is 4.79 Å². The molecule has 6 heteroatoms. The average molecular weight is 283 g/mol. The summed E-state index contributed by atoms with van der Waals surface area (Å²) in [5.74, 6) is -2.88. The van der Waals surface area contributed by atoms with Gasteiger partial charge in [0.15, 0.2) is 11.6 Å². The topological polar surface area (TPSA) is 46.6 Å². The van der Waals surface area contributed by atoms with Crippen LogP contribution in [0.2, 0.25) is 0 Å². The van der Waals surface area contributed by atoms with Crippen LogP contribution in [0.25, 0.3) is 0 Å². The lowest BCUT2D eigenvalue weighted by molar-refractivity contribution is -0.150. The molecule has 0 spiro atoms. The lowest BCUT2D eigenvalue weighted by Gasteiger charge is -2.22. The van der Waals surface area contributed by atoms with E-state index in [9.17, 15) is 18.4 Å². The smallest absolute Gasteiger partial charge is 0.328 e. The third kappa shape index (κ3) is 2.79. The van der Waals surface area contributed by atoms with E-state index in [1.807, 2.05) is 0 Å². The predicted molar refractivity (Wildman–Crippen MR) is 66.8 cm³/mol. The molecule has 0 aromatic heterocycles. The van der Waals surface area contributed by atoms with Gasteiger partial charge in [0, 0.05) is 12.1 Å². The molecule has 1 aliphatic heterocycles. The third-order valence-electron chi connectivity index (χ3n) is 3.42. The summed E-state index contributed by atoms with van der Waals surface area (Å²) in [6, 6.07) is 3.09. The number of benzene rings is 1. The minimum Gasteiger partial charge on any atom is -0.467 e. The Morgan fingerprint density at radius 3 is 2.85 bits per heavy atom. The molecule has 1 unspecified atom stereocenters. The van der Waals surface area contributed by atoms with Crippen molar-refractivity contribution < 1.29 is 23.1 Å². The van der Waals surface area contributed by atoms with Crippen molar-refractivity contribution in [3.8, 4) is 0 Å². The molecule has 4 nitrogen and oxygen atoms in total. The number of amides is 1. The number of likely N-dealkylation sites (tertiary alicyclic amines) is 1. The van der Waals surface area contributed by atoms with Gasteiger partial charge in [-0.1, -0.05) is 12.1 Å². The van der Waals surface area contributed by atoms with Crippen molar-refractivity contribution in [3.05, 3.63) is 35.4 Å². The summed E-state index contributed by atoms with van der Waals surface area (Å²) >= 11 is 0. The molecule has 2 rings (SSSR count). The SMILES string of the molecule is COC(=O)C1CCCN1C(=O)Cc1cccc(F)c1F. The lowest BCUT2D eigenvalue weighted by Crippen LogP contribution is -2.41. The molecule has 1 fully saturated rings. The zero-order valence-electron chi connectivity index (χ0n) is 11.1. The van der Waals surface area contributed by atoms with Crippen LogP contribution in [-0.2, 0) is 20.7 Å². The van der Waals surface area contributed by atoms with Crippen molar-refractivity contribution in [1.29, 1.82) is 0 Å². The van der Waals surface area contributed by atoms with Gasteiger partial charge < -0.3 is 9.64 Å². The number of hydrogen-bond acceptors (Lipinski definition) is 3. The highest BCUT2D eigenvalue weighted by Gasteiger charge is 2.34. The number of carbonyl (C=O) groups excluding carboxylic acids is 2. The van der Waals surface area contributed by atoms with E-state index in [4.69, 9.17) is 0 Å². The second kappa shape index (κ2) is 5.98. The molecule has 1 aliphatic rings. The van der Waals surface area contributed by atoms with Crippen molar-refractivity contribution in [2.45, 2.75) is 25.3 Å². The Labute approximate surface area is 115 Å². The summed E-state index contributed by atoms with van der Waals surface area (Å²) in [5, 5.41) is 0. The maximum atomic E-state index is 13.5. The quantitative estimate of drug-likeness (QED) is 0.793. The number of esters is 1. The van der Waals surface area contributed by atoms with Crippen LogP contribution in [-0.4, -0.2) is 36.5 Å². The molecular formula is C14H15F2NO3. The first kappa shape index (κ1) is 14.4. The van der Waals surface area contributed by atoms with Gasteiger partial charge >= 0.3 is 5.97 Å². The van der Waals surface area contributed by atoms with E-state index < -0.39 is 29.6 Å². The number of ether oxygens (including phenoxy) is 1. The fourth-order valence-electron chi connectivity index (χ4n) is 2.40. The van der Waals surface area contributed by atoms with Gasteiger partial charge in [0.2, 0.25) is 5.91 Å². The summed E-state index contributed by atoms with van der Waals surface area (Å²) in [6.07, 6.45) is 0.957. The molecular weight excluding hydrogens is 268 g/mol. The third-order valence-corrected chi connectivity index (χ3v) is 3.42. The van der Waals surface area contributed by atoms with E-state index in [1.54, 1.807) is 0 Å². The van der Waals surface area contributed by atoms with Crippen molar-refractivity contribution in [2.24, 2.45) is 0 Å². The van der Waals surface area contributed by atoms with Gasteiger partial charge in [-0.25, -0.2) is 13.6 Å². The zero-order valence-corrected chi connectivity index (χ0v) is 11.1. The van der Waals surface area contributed by atoms with Crippen molar-refractivity contribution in [1.82, 2.24) is 4.90 Å². The number of methoxy groups -OCH3 is 1. The molecule has 1 aromatic carbocycles. The molecule has 1 saturated heterocycles. The molecule has 0 radical (unpaired) electrons. The van der Waals surface area contributed by atoms with Crippen LogP contribution in [0.15, 0.2) is 18.2 Å². The Kier molecular flexibility index (Phi) is 4.32. The van der Waals surface area contributed by atoms with Crippen LogP contribution in [0.5, 0.6) is 0 Å². The van der Waals surface area contributed by atoms with Gasteiger partial charge in [-0.2, -0.15) is 0 Å². The van der Waals surface area contributed by atoms with Gasteiger partial charge in [-0.15, -0.1) is 0 Å². The monoisotopic (exact) mass is 283 g/mol. The number of halogens is 2. The number of nitrogens with zero attached hydrogens (tertiary/aromatic N) is 1. The largest absolute Gasteiger partial charge is 0.467 e. The van der Waals surface area contributed by atoms with Crippen LogP contribution in [0.3, 0.4) is 0 Å². The molecule has 1 heterocycles. The van der Waals surface area contributed by atoms with Crippen molar-refractivity contribution in [3.63, 3.8) is 0 Å². The summed E-state index contributed by atoms with van der Waals surface area (Å²) in [4.78, 5) is 25.1. The number of rotatable bonds is 3. The Morgan fingerprint density at radius 1 is 1.40 bits per heavy atom. The molecule has 1 amide bonds. The van der Waals surface area contributed by atoms with E-state index in [1.165, 1.54) is 24.1 Å². The van der Waals surface area contributed by atoms with Crippen LogP contribution in [0, 0.1) is 11.6 Å². The second-order valence-corrected chi connectivity index (χ2v) is 4.66. The Bertz CT molecular complexity index is 533. The Hall–Kier alpha value is -1.98. The summed E-state index contributed by atoms with van der Waals surface area (Å²) in [6.45, 7) is 0.426. The maximum absolute atomic E-state index is 13.5. The highest BCUT2D eigenvalue weighted by atomic mass is 19.2. The molecule has 0 saturated carbocycles. The molecule has 108 valence electrons. The standard InChI is InChI=1S/C14H15F2NO3/c1-20-14(19)11-6-3-7-17(11)12(18)8-9-4-2-5-10(15)13(9)16/h2,4-5,11H,3,6-8H2,1H3. The van der Waals surface area contributed by atoms with Crippen molar-refractivity contribution >= 4 is 11.9 Å².